The summed E-state index contributed by atoms with van der Waals surface area (Å²) in [6, 6.07) is 2.34. The monoisotopic (exact) mass is 575 g/mol. The van der Waals surface area contributed by atoms with Crippen LogP contribution in [-0.2, 0) is 19.5 Å². The predicted octanol–water partition coefficient (Wildman–Crippen LogP) is -6.91. The van der Waals surface area contributed by atoms with E-state index in [2.05, 4.69) is 70.9 Å². The average molecular weight is 575 g/mol. The minimum Gasteiger partial charge on any atom is -0.748 e. The molecule has 0 atom stereocenters. The number of anilines is 2. The van der Waals surface area contributed by atoms with Gasteiger partial charge < -0.3 is 15.1 Å². The molecule has 180 valence electrons. The maximum atomic E-state index is 12.8. The Kier molecular flexibility index (Phi) is 14.1. The Bertz CT molecular complexity index is 1390. The number of rotatable bonds is 10. The van der Waals surface area contributed by atoms with Crippen molar-refractivity contribution >= 4 is 56.4 Å². The van der Waals surface area contributed by atoms with Crippen LogP contribution in [0.5, 0.6) is 0 Å². The molecule has 3 rings (SSSR count). The van der Waals surface area contributed by atoms with Gasteiger partial charge in [0, 0.05) is 29.4 Å². The SMILES string of the molecule is Cc1[nH]n(-c2nc(NC#CSOO[O-])nc(NCCS(=O)(=O)[O-])n2)c(=O)c1N=Nc1ncns1.[Na+].[Na+]. The van der Waals surface area contributed by atoms with E-state index < -0.39 is 21.4 Å². The van der Waals surface area contributed by atoms with Gasteiger partial charge in [-0.2, -0.15) is 28.3 Å². The van der Waals surface area contributed by atoms with Gasteiger partial charge in [0.2, 0.25) is 17.0 Å². The maximum absolute atomic E-state index is 12.8. The van der Waals surface area contributed by atoms with Crippen LogP contribution in [-0.4, -0.2) is 59.4 Å². The van der Waals surface area contributed by atoms with Gasteiger partial charge in [-0.1, -0.05) is 0 Å². The largest absolute Gasteiger partial charge is 1.00 e. The molecular formula is C13H11N11Na2O7S3. The molecule has 0 aliphatic carbocycles. The number of H-pyrrole nitrogens is 1. The minimum absolute atomic E-state index is 0. The Morgan fingerprint density at radius 3 is 2.69 bits per heavy atom. The van der Waals surface area contributed by atoms with Gasteiger partial charge in [0.05, 0.1) is 21.6 Å². The van der Waals surface area contributed by atoms with Crippen molar-refractivity contribution in [3.05, 3.63) is 22.4 Å². The van der Waals surface area contributed by atoms with Crippen molar-refractivity contribution < 1.29 is 86.7 Å². The molecular weight excluding hydrogens is 564 g/mol. The van der Waals surface area contributed by atoms with Crippen molar-refractivity contribution in [2.45, 2.75) is 6.92 Å². The first kappa shape index (κ1) is 32.5. The van der Waals surface area contributed by atoms with Crippen LogP contribution in [0.2, 0.25) is 0 Å². The summed E-state index contributed by atoms with van der Waals surface area (Å²) in [5.74, 6) is -1.33. The smallest absolute Gasteiger partial charge is 0.748 e. The van der Waals surface area contributed by atoms with Crippen LogP contribution < -0.4 is 80.6 Å². The van der Waals surface area contributed by atoms with Crippen LogP contribution in [0.15, 0.2) is 21.4 Å². The quantitative estimate of drug-likeness (QED) is 0.0234. The minimum atomic E-state index is -4.49. The number of azo groups is 1. The normalized spacial score (nSPS) is 10.8. The second-order valence-electron chi connectivity index (χ2n) is 5.69. The Balaban J connectivity index is 0.00000324. The summed E-state index contributed by atoms with van der Waals surface area (Å²) in [7, 11) is -4.49. The van der Waals surface area contributed by atoms with E-state index in [1.165, 1.54) is 6.33 Å². The van der Waals surface area contributed by atoms with Gasteiger partial charge in [0.25, 0.3) is 5.95 Å². The fourth-order valence-corrected chi connectivity index (χ4v) is 2.99. The van der Waals surface area contributed by atoms with Crippen LogP contribution in [0.1, 0.15) is 5.69 Å². The van der Waals surface area contributed by atoms with Crippen LogP contribution in [0, 0.1) is 18.2 Å². The molecule has 0 spiro atoms. The van der Waals surface area contributed by atoms with Crippen molar-refractivity contribution in [3.63, 3.8) is 0 Å². The Hall–Kier alpha value is -1.52. The first-order valence-corrected chi connectivity index (χ1v) is 11.7. The first-order chi connectivity index (χ1) is 16.3. The van der Waals surface area contributed by atoms with Crippen molar-refractivity contribution in [2.24, 2.45) is 10.2 Å². The molecule has 3 heterocycles. The van der Waals surface area contributed by atoms with E-state index in [1.807, 2.05) is 0 Å². The number of aromatic nitrogens is 7. The molecule has 0 bridgehead atoms. The second-order valence-corrected chi connectivity index (χ2v) is 8.48. The molecule has 18 nitrogen and oxygen atoms in total. The molecule has 0 aliphatic rings. The summed E-state index contributed by atoms with van der Waals surface area (Å²) in [5.41, 5.74) is -0.396. The standard InChI is InChI=1S/C13H13N11O7S3.2Na/c1-7-8(21-22-13-16-6-17-33-13)9(25)24(23-7)12-19-10(14-2-4-32-31-30-26)18-11(20-12)15-3-5-34(27,28)29;;/h6,23,26H,3,5H2,1H3,(H,27,28,29)(H2,14,15,18,19,20);;/q;2*+1/p-2. The molecule has 0 saturated heterocycles. The van der Waals surface area contributed by atoms with Crippen molar-refractivity contribution in [3.8, 4) is 17.2 Å². The Morgan fingerprint density at radius 1 is 1.28 bits per heavy atom. The third-order valence-corrected chi connectivity index (χ3v) is 4.98. The molecule has 23 heteroatoms. The van der Waals surface area contributed by atoms with Crippen molar-refractivity contribution in [1.29, 1.82) is 0 Å². The summed E-state index contributed by atoms with van der Waals surface area (Å²) >= 11 is 1.35. The number of aromatic amines is 1. The Labute approximate surface area is 254 Å². The maximum Gasteiger partial charge on any atom is 1.00 e. The molecule has 3 aromatic rings. The summed E-state index contributed by atoms with van der Waals surface area (Å²) < 4.78 is 41.2. The van der Waals surface area contributed by atoms with Crippen LogP contribution in [0.3, 0.4) is 0 Å². The third-order valence-electron chi connectivity index (χ3n) is 3.41. The molecule has 0 aromatic carbocycles. The molecule has 0 fully saturated rings. The molecule has 0 amide bonds. The predicted molar refractivity (Wildman–Crippen MR) is 113 cm³/mol. The van der Waals surface area contributed by atoms with Gasteiger partial charge in [-0.25, -0.2) is 13.4 Å². The van der Waals surface area contributed by atoms with Crippen LogP contribution >= 0.6 is 23.6 Å². The summed E-state index contributed by atoms with van der Waals surface area (Å²) in [6.45, 7) is 1.25. The average Bonchev–Trinajstić information content (AvgIpc) is 3.39. The fourth-order valence-electron chi connectivity index (χ4n) is 2.12. The third kappa shape index (κ3) is 10.1. The number of hydrogen-bond acceptors (Lipinski definition) is 18. The van der Waals surface area contributed by atoms with Crippen LogP contribution in [0.25, 0.3) is 5.95 Å². The number of aryl methyl sites for hydroxylation is 1. The van der Waals surface area contributed by atoms with Gasteiger partial charge in [-0.3, -0.25) is 20.2 Å². The molecule has 0 unspecified atom stereocenters. The summed E-state index contributed by atoms with van der Waals surface area (Å²) in [5, 5.41) is 30.9. The van der Waals surface area contributed by atoms with E-state index in [9.17, 15) is 23.0 Å². The molecule has 0 saturated carbocycles. The first-order valence-electron chi connectivity index (χ1n) is 8.59. The van der Waals surface area contributed by atoms with E-state index in [-0.39, 0.29) is 94.3 Å². The number of hydrogen-bond donors (Lipinski definition) is 3. The number of nitrogens with one attached hydrogen (secondary N) is 3. The topological polar surface area (TPSA) is 250 Å². The van der Waals surface area contributed by atoms with Crippen LogP contribution in [0.4, 0.5) is 22.7 Å². The van der Waals surface area contributed by atoms with E-state index in [4.69, 9.17) is 0 Å². The van der Waals surface area contributed by atoms with Gasteiger partial charge in [0.1, 0.15) is 18.4 Å². The zero-order chi connectivity index (χ0) is 24.6. The molecule has 3 aromatic heterocycles. The molecule has 0 aliphatic heterocycles. The van der Waals surface area contributed by atoms with Gasteiger partial charge in [0.15, 0.2) is 5.69 Å². The zero-order valence-electron chi connectivity index (χ0n) is 18.7. The van der Waals surface area contributed by atoms with Crippen molar-refractivity contribution in [1.82, 2.24) is 34.1 Å². The summed E-state index contributed by atoms with van der Waals surface area (Å²) in [4.78, 5) is 28.7. The van der Waals surface area contributed by atoms with Gasteiger partial charge in [-0.05, 0) is 6.92 Å². The van der Waals surface area contributed by atoms with Gasteiger partial charge >= 0.3 is 64.7 Å². The molecule has 3 N–H and O–H groups in total. The van der Waals surface area contributed by atoms with E-state index in [0.29, 0.717) is 17.7 Å². The second kappa shape index (κ2) is 15.7. The number of nitrogens with zero attached hydrogens (tertiary/aromatic N) is 8. The van der Waals surface area contributed by atoms with E-state index in [1.54, 1.807) is 6.92 Å². The zero-order valence-corrected chi connectivity index (χ0v) is 25.1. The van der Waals surface area contributed by atoms with E-state index in [0.717, 1.165) is 16.2 Å². The fraction of sp³-hybridized carbons (Fsp3) is 0.231. The van der Waals surface area contributed by atoms with E-state index >= 15 is 0 Å². The molecule has 0 radical (unpaired) electrons. The van der Waals surface area contributed by atoms with Gasteiger partial charge in [-0.15, -0.1) is 10.2 Å². The summed E-state index contributed by atoms with van der Waals surface area (Å²) in [6.07, 6.45) is 1.29. The Morgan fingerprint density at radius 2 is 2.03 bits per heavy atom. The molecule has 36 heavy (non-hydrogen) atoms. The van der Waals surface area contributed by atoms with Crippen molar-refractivity contribution in [2.75, 3.05) is 22.9 Å².